The molecule has 2 rings (SSSR count). The van der Waals surface area contributed by atoms with Gasteiger partial charge in [-0.25, -0.2) is 0 Å². The maximum atomic E-state index is 4.93. The van der Waals surface area contributed by atoms with Crippen LogP contribution >= 0.6 is 17.0 Å². The van der Waals surface area contributed by atoms with E-state index in [2.05, 4.69) is 50.6 Å². The number of fused-ring (bicyclic) bond motifs is 1. The molecule has 0 fully saturated rings. The summed E-state index contributed by atoms with van der Waals surface area (Å²) < 4.78 is 0. The summed E-state index contributed by atoms with van der Waals surface area (Å²) in [4.78, 5) is 0. The third-order valence-corrected chi connectivity index (χ3v) is 2.31. The van der Waals surface area contributed by atoms with E-state index in [0.717, 1.165) is 0 Å². The van der Waals surface area contributed by atoms with Crippen LogP contribution in [0.3, 0.4) is 0 Å². The Balaban J connectivity index is 0.000000337. The van der Waals surface area contributed by atoms with Crippen LogP contribution in [0.4, 0.5) is 0 Å². The predicted molar refractivity (Wildman–Crippen MR) is 64.4 cm³/mol. The Morgan fingerprint density at radius 2 is 1.60 bits per heavy atom. The van der Waals surface area contributed by atoms with Gasteiger partial charge in [-0.05, 0) is 17.0 Å². The van der Waals surface area contributed by atoms with Crippen LogP contribution in [0.5, 0.6) is 0 Å². The normalized spacial score (nSPS) is 12.7. The van der Waals surface area contributed by atoms with Crippen molar-refractivity contribution in [2.75, 3.05) is 0 Å². The zero-order valence-corrected chi connectivity index (χ0v) is 12.8. The van der Waals surface area contributed by atoms with Gasteiger partial charge in [-0.2, -0.15) is 0 Å². The van der Waals surface area contributed by atoms with Gasteiger partial charge in [-0.15, -0.1) is 0 Å². The van der Waals surface area contributed by atoms with Crippen molar-refractivity contribution in [3.63, 3.8) is 0 Å². The van der Waals surface area contributed by atoms with E-state index in [9.17, 15) is 0 Å². The van der Waals surface area contributed by atoms with Crippen molar-refractivity contribution in [2.24, 2.45) is 5.92 Å². The molecule has 0 amide bonds. The Morgan fingerprint density at radius 1 is 1.07 bits per heavy atom. The molecule has 0 saturated heterocycles. The molecule has 79 valence electrons. The monoisotopic (exact) mass is 317 g/mol. The number of allylic oxidation sites excluding steroid dienone is 1. The average Bonchev–Trinajstić information content (AvgIpc) is 2.62. The SMILES string of the molecule is CC(C)C1=Cc2ccccc2[CH]1.[Cl][Zr][Cl]. The van der Waals surface area contributed by atoms with Crippen LogP contribution in [-0.2, 0) is 20.8 Å². The van der Waals surface area contributed by atoms with E-state index in [-0.39, 0.29) is 0 Å². The van der Waals surface area contributed by atoms with Gasteiger partial charge < -0.3 is 0 Å². The fraction of sp³-hybridized carbons (Fsp3) is 0.250. The van der Waals surface area contributed by atoms with E-state index in [1.165, 1.54) is 16.7 Å². The molecule has 1 aliphatic carbocycles. The van der Waals surface area contributed by atoms with Crippen LogP contribution in [0.2, 0.25) is 0 Å². The van der Waals surface area contributed by atoms with Crippen LogP contribution in [0.1, 0.15) is 25.0 Å². The Hall–Kier alpha value is 0.423. The van der Waals surface area contributed by atoms with Crippen LogP contribution in [0.15, 0.2) is 29.8 Å². The zero-order chi connectivity index (χ0) is 11.3. The first-order valence-corrected chi connectivity index (χ1v) is 11.1. The van der Waals surface area contributed by atoms with Gasteiger partial charge in [0.1, 0.15) is 0 Å². The molecule has 1 aromatic carbocycles. The fourth-order valence-electron chi connectivity index (χ4n) is 1.51. The van der Waals surface area contributed by atoms with Crippen molar-refractivity contribution >= 4 is 23.1 Å². The Kier molecular flexibility index (Phi) is 6.19. The van der Waals surface area contributed by atoms with Gasteiger partial charge in [0.05, 0.1) is 0 Å². The van der Waals surface area contributed by atoms with Crippen molar-refractivity contribution in [1.82, 2.24) is 0 Å². The summed E-state index contributed by atoms with van der Waals surface area (Å²) in [6.45, 7) is 4.46. The quantitative estimate of drug-likeness (QED) is 0.706. The summed E-state index contributed by atoms with van der Waals surface area (Å²) in [7, 11) is 9.87. The van der Waals surface area contributed by atoms with Gasteiger partial charge in [0.15, 0.2) is 0 Å². The van der Waals surface area contributed by atoms with Crippen LogP contribution < -0.4 is 0 Å². The summed E-state index contributed by atoms with van der Waals surface area (Å²) in [6, 6.07) is 8.52. The summed E-state index contributed by atoms with van der Waals surface area (Å²) in [6.07, 6.45) is 4.56. The van der Waals surface area contributed by atoms with Crippen molar-refractivity contribution in [2.45, 2.75) is 13.8 Å². The summed E-state index contributed by atoms with van der Waals surface area (Å²) in [5.74, 6) is 0.636. The van der Waals surface area contributed by atoms with Crippen molar-refractivity contribution in [1.29, 1.82) is 0 Å². The first-order chi connectivity index (χ1) is 7.19. The van der Waals surface area contributed by atoms with Gasteiger partial charge in [-0.3, -0.25) is 0 Å². The molecule has 0 aliphatic heterocycles. The van der Waals surface area contributed by atoms with Gasteiger partial charge in [0.25, 0.3) is 0 Å². The molecule has 0 unspecified atom stereocenters. The van der Waals surface area contributed by atoms with Gasteiger partial charge in [-0.1, -0.05) is 49.8 Å². The summed E-state index contributed by atoms with van der Waals surface area (Å²) >= 11 is -0.826. The molecule has 1 radical (unpaired) electrons. The molecular weight excluding hydrogens is 306 g/mol. The molecule has 0 atom stereocenters. The Bertz CT molecular complexity index is 345. The standard InChI is InChI=1S/C12H13.2ClH.Zr/c1-9(2)12-7-10-5-3-4-6-11(10)8-12;;;/h3-9H,1-2H3;2*1H;/q;;;+2/p-2. The summed E-state index contributed by atoms with van der Waals surface area (Å²) in [5.41, 5.74) is 4.17. The Labute approximate surface area is 110 Å². The second-order valence-corrected chi connectivity index (χ2v) is 7.38. The van der Waals surface area contributed by atoms with Gasteiger partial charge >= 0.3 is 37.9 Å². The average molecular weight is 319 g/mol. The van der Waals surface area contributed by atoms with Crippen molar-refractivity contribution < 1.29 is 20.8 Å². The number of hydrogen-bond acceptors (Lipinski definition) is 0. The number of benzene rings is 1. The molecule has 0 aromatic heterocycles. The topological polar surface area (TPSA) is 0 Å². The molecule has 15 heavy (non-hydrogen) atoms. The Morgan fingerprint density at radius 3 is 2.07 bits per heavy atom. The zero-order valence-electron chi connectivity index (χ0n) is 8.80. The third kappa shape index (κ3) is 4.06. The molecule has 0 spiro atoms. The third-order valence-electron chi connectivity index (χ3n) is 2.31. The second kappa shape index (κ2) is 6.89. The minimum atomic E-state index is -0.826. The fourth-order valence-corrected chi connectivity index (χ4v) is 1.51. The molecule has 0 saturated carbocycles. The van der Waals surface area contributed by atoms with E-state index >= 15 is 0 Å². The molecule has 0 bridgehead atoms. The van der Waals surface area contributed by atoms with Crippen molar-refractivity contribution in [3.8, 4) is 0 Å². The molecule has 0 heterocycles. The molecular formula is C12H13Cl2Zr. The molecule has 0 nitrogen and oxygen atoms in total. The van der Waals surface area contributed by atoms with Crippen molar-refractivity contribution in [3.05, 3.63) is 47.4 Å². The molecule has 3 heteroatoms. The first-order valence-electron chi connectivity index (χ1n) is 4.80. The van der Waals surface area contributed by atoms with Crippen LogP contribution in [-0.4, -0.2) is 0 Å². The predicted octanol–water partition coefficient (Wildman–Crippen LogP) is 4.67. The van der Waals surface area contributed by atoms with E-state index in [1.54, 1.807) is 0 Å². The van der Waals surface area contributed by atoms with E-state index in [0.29, 0.717) is 5.92 Å². The number of halogens is 2. The molecule has 1 aliphatic rings. The molecule has 0 N–H and O–H groups in total. The van der Waals surface area contributed by atoms with Gasteiger partial charge in [0, 0.05) is 6.42 Å². The second-order valence-electron chi connectivity index (χ2n) is 3.64. The van der Waals surface area contributed by atoms with E-state index < -0.39 is 20.8 Å². The number of rotatable bonds is 1. The number of hydrogen-bond donors (Lipinski definition) is 0. The van der Waals surface area contributed by atoms with E-state index in [4.69, 9.17) is 17.0 Å². The van der Waals surface area contributed by atoms with Gasteiger partial charge in [0.2, 0.25) is 0 Å². The summed E-state index contributed by atoms with van der Waals surface area (Å²) in [5, 5.41) is 0. The van der Waals surface area contributed by atoms with Crippen LogP contribution in [0.25, 0.3) is 6.08 Å². The first kappa shape index (κ1) is 13.5. The van der Waals surface area contributed by atoms with E-state index in [1.807, 2.05) is 0 Å². The molecule has 1 aromatic rings. The minimum absolute atomic E-state index is 0.636. The van der Waals surface area contributed by atoms with Crippen LogP contribution in [0, 0.1) is 12.3 Å². The maximum absolute atomic E-state index is 4.93.